The number of carbonyl (C=O) groups is 2. The van der Waals surface area contributed by atoms with Crippen LogP contribution in [0.4, 0.5) is 0 Å². The molecule has 1 amide bonds. The lowest BCUT2D eigenvalue weighted by Crippen LogP contribution is -2.35. The van der Waals surface area contributed by atoms with Crippen LogP contribution in [0.2, 0.25) is 10.0 Å². The number of nitrogens with one attached hydrogen (secondary N) is 1. The zero-order chi connectivity index (χ0) is 14.4. The molecule has 0 aliphatic carbocycles. The quantitative estimate of drug-likeness (QED) is 0.851. The largest absolute Gasteiger partial charge is 0.452 e. The summed E-state index contributed by atoms with van der Waals surface area (Å²) in [5, 5.41) is 3.47. The van der Waals surface area contributed by atoms with Crippen molar-refractivity contribution >= 4 is 35.1 Å². The van der Waals surface area contributed by atoms with E-state index >= 15 is 0 Å². The van der Waals surface area contributed by atoms with Crippen LogP contribution in [0.1, 0.15) is 19.4 Å². The summed E-state index contributed by atoms with van der Waals surface area (Å²) in [6.07, 6.45) is -0.821. The summed E-state index contributed by atoms with van der Waals surface area (Å²) in [4.78, 5) is 23.1. The smallest absolute Gasteiger partial charge is 0.311 e. The van der Waals surface area contributed by atoms with Crippen molar-refractivity contribution in [3.05, 3.63) is 33.8 Å². The van der Waals surface area contributed by atoms with Crippen LogP contribution < -0.4 is 5.32 Å². The molecule has 1 rings (SSSR count). The Balaban J connectivity index is 2.58. The Bertz CT molecular complexity index is 477. The molecular weight excluding hydrogens is 289 g/mol. The molecule has 1 aromatic carbocycles. The Morgan fingerprint density at radius 1 is 1.37 bits per heavy atom. The number of likely N-dealkylation sites (N-methyl/N-ethyl adjacent to an activating group) is 1. The van der Waals surface area contributed by atoms with E-state index in [0.717, 1.165) is 0 Å². The normalized spacial score (nSPS) is 11.8. The molecule has 0 unspecified atom stereocenters. The van der Waals surface area contributed by atoms with Crippen LogP contribution in [0.15, 0.2) is 18.2 Å². The molecule has 0 spiro atoms. The van der Waals surface area contributed by atoms with Gasteiger partial charge in [0.05, 0.1) is 6.42 Å². The summed E-state index contributed by atoms with van der Waals surface area (Å²) in [6.45, 7) is 3.80. The molecule has 0 aromatic heterocycles. The van der Waals surface area contributed by atoms with Gasteiger partial charge in [-0.3, -0.25) is 9.59 Å². The highest BCUT2D eigenvalue weighted by atomic mass is 35.5. The van der Waals surface area contributed by atoms with Crippen LogP contribution >= 0.6 is 23.2 Å². The Labute approximate surface area is 122 Å². The number of halogens is 2. The predicted molar refractivity (Wildman–Crippen MR) is 74.4 cm³/mol. The number of hydrogen-bond acceptors (Lipinski definition) is 3. The lowest BCUT2D eigenvalue weighted by atomic mass is 10.1. The fourth-order valence-corrected chi connectivity index (χ4v) is 1.91. The van der Waals surface area contributed by atoms with E-state index < -0.39 is 12.1 Å². The van der Waals surface area contributed by atoms with Crippen LogP contribution in [-0.2, 0) is 20.7 Å². The average molecular weight is 304 g/mol. The molecule has 0 heterocycles. The second-order valence-corrected chi connectivity index (χ2v) is 4.78. The highest BCUT2D eigenvalue weighted by Crippen LogP contribution is 2.21. The molecule has 0 aliphatic heterocycles. The van der Waals surface area contributed by atoms with Crippen molar-refractivity contribution in [1.82, 2.24) is 5.32 Å². The molecule has 0 radical (unpaired) electrons. The second-order valence-electron chi connectivity index (χ2n) is 3.94. The van der Waals surface area contributed by atoms with Crippen molar-refractivity contribution in [1.29, 1.82) is 0 Å². The molecule has 0 aliphatic rings. The standard InChI is InChI=1S/C13H15Cl2NO3/c1-3-16-13(18)8(2)19-12(17)6-9-4-5-10(14)7-11(9)15/h4-5,7-8H,3,6H2,1-2H3,(H,16,18)/t8-/m1/s1. The van der Waals surface area contributed by atoms with Crippen LogP contribution in [0, 0.1) is 0 Å². The van der Waals surface area contributed by atoms with Gasteiger partial charge in [-0.15, -0.1) is 0 Å². The van der Waals surface area contributed by atoms with Crippen molar-refractivity contribution in [2.24, 2.45) is 0 Å². The summed E-state index contributed by atoms with van der Waals surface area (Å²) < 4.78 is 5.01. The topological polar surface area (TPSA) is 55.4 Å². The molecule has 1 atom stereocenters. The van der Waals surface area contributed by atoms with Crippen molar-refractivity contribution in [2.45, 2.75) is 26.4 Å². The number of esters is 1. The van der Waals surface area contributed by atoms with Gasteiger partial charge in [0, 0.05) is 16.6 Å². The number of rotatable bonds is 5. The first kappa shape index (κ1) is 15.8. The summed E-state index contributed by atoms with van der Waals surface area (Å²) in [5.74, 6) is -0.832. The van der Waals surface area contributed by atoms with Gasteiger partial charge in [0.1, 0.15) is 0 Å². The van der Waals surface area contributed by atoms with Crippen LogP contribution in [-0.4, -0.2) is 24.5 Å². The number of carbonyl (C=O) groups excluding carboxylic acids is 2. The Morgan fingerprint density at radius 3 is 2.63 bits per heavy atom. The van der Waals surface area contributed by atoms with E-state index in [2.05, 4.69) is 5.32 Å². The van der Waals surface area contributed by atoms with Crippen molar-refractivity contribution in [3.63, 3.8) is 0 Å². The van der Waals surface area contributed by atoms with Gasteiger partial charge in [0.25, 0.3) is 5.91 Å². The van der Waals surface area contributed by atoms with Gasteiger partial charge in [-0.25, -0.2) is 0 Å². The summed E-state index contributed by atoms with van der Waals surface area (Å²) in [5.41, 5.74) is 0.610. The van der Waals surface area contributed by atoms with Gasteiger partial charge in [-0.2, -0.15) is 0 Å². The molecule has 4 nitrogen and oxygen atoms in total. The molecule has 0 fully saturated rings. The van der Waals surface area contributed by atoms with E-state index in [0.29, 0.717) is 22.2 Å². The maximum absolute atomic E-state index is 11.7. The van der Waals surface area contributed by atoms with Gasteiger partial charge >= 0.3 is 5.97 Å². The van der Waals surface area contributed by atoms with E-state index in [1.807, 2.05) is 0 Å². The number of ether oxygens (including phenoxy) is 1. The third-order valence-corrected chi connectivity index (χ3v) is 2.97. The maximum atomic E-state index is 11.7. The molecule has 0 saturated heterocycles. The average Bonchev–Trinajstić information content (AvgIpc) is 2.33. The minimum absolute atomic E-state index is 0.000251. The van der Waals surface area contributed by atoms with Gasteiger partial charge in [-0.1, -0.05) is 29.3 Å². The Hall–Kier alpha value is -1.26. The first-order valence-corrected chi connectivity index (χ1v) is 6.60. The molecule has 1 aromatic rings. The third kappa shape index (κ3) is 5.09. The fraction of sp³-hybridized carbons (Fsp3) is 0.385. The van der Waals surface area contributed by atoms with Gasteiger partial charge in [-0.05, 0) is 31.5 Å². The number of hydrogen-bond donors (Lipinski definition) is 1. The second kappa shape index (κ2) is 7.36. The summed E-state index contributed by atoms with van der Waals surface area (Å²) in [6, 6.07) is 4.85. The SMILES string of the molecule is CCNC(=O)[C@@H](C)OC(=O)Cc1ccc(Cl)cc1Cl. The van der Waals surface area contributed by atoms with E-state index in [9.17, 15) is 9.59 Å². The minimum atomic E-state index is -0.821. The third-order valence-electron chi connectivity index (χ3n) is 2.38. The van der Waals surface area contributed by atoms with Gasteiger partial charge in [0.2, 0.25) is 0 Å². The highest BCUT2D eigenvalue weighted by Gasteiger charge is 2.17. The molecule has 104 valence electrons. The van der Waals surface area contributed by atoms with Crippen molar-refractivity contribution < 1.29 is 14.3 Å². The van der Waals surface area contributed by atoms with Crippen molar-refractivity contribution in [3.8, 4) is 0 Å². The fourth-order valence-electron chi connectivity index (χ4n) is 1.43. The predicted octanol–water partition coefficient (Wildman–Crippen LogP) is 2.60. The molecule has 0 bridgehead atoms. The molecular formula is C13H15Cl2NO3. The maximum Gasteiger partial charge on any atom is 0.311 e. The highest BCUT2D eigenvalue weighted by molar-refractivity contribution is 6.35. The lowest BCUT2D eigenvalue weighted by Gasteiger charge is -2.13. The number of benzene rings is 1. The first-order valence-electron chi connectivity index (χ1n) is 5.85. The molecule has 19 heavy (non-hydrogen) atoms. The number of amides is 1. The van der Waals surface area contributed by atoms with Gasteiger partial charge in [0.15, 0.2) is 6.10 Å². The van der Waals surface area contributed by atoms with E-state index in [-0.39, 0.29) is 12.3 Å². The Morgan fingerprint density at radius 2 is 2.05 bits per heavy atom. The Kier molecular flexibility index (Phi) is 6.12. The van der Waals surface area contributed by atoms with Crippen molar-refractivity contribution in [2.75, 3.05) is 6.54 Å². The lowest BCUT2D eigenvalue weighted by molar-refractivity contribution is -0.154. The van der Waals surface area contributed by atoms with E-state index in [4.69, 9.17) is 27.9 Å². The zero-order valence-corrected chi connectivity index (χ0v) is 12.2. The molecule has 6 heteroatoms. The minimum Gasteiger partial charge on any atom is -0.452 e. The summed E-state index contributed by atoms with van der Waals surface area (Å²) in [7, 11) is 0. The van der Waals surface area contributed by atoms with E-state index in [1.54, 1.807) is 25.1 Å². The summed E-state index contributed by atoms with van der Waals surface area (Å²) >= 11 is 11.7. The van der Waals surface area contributed by atoms with E-state index in [1.165, 1.54) is 6.92 Å². The molecule has 0 saturated carbocycles. The van der Waals surface area contributed by atoms with Crippen LogP contribution in [0.25, 0.3) is 0 Å². The first-order chi connectivity index (χ1) is 8.93. The zero-order valence-electron chi connectivity index (χ0n) is 10.7. The van der Waals surface area contributed by atoms with Crippen LogP contribution in [0.3, 0.4) is 0 Å². The van der Waals surface area contributed by atoms with Gasteiger partial charge < -0.3 is 10.1 Å². The molecule has 1 N–H and O–H groups in total. The monoisotopic (exact) mass is 303 g/mol. The van der Waals surface area contributed by atoms with Crippen LogP contribution in [0.5, 0.6) is 0 Å².